The Hall–Kier alpha value is -1.74. The first-order valence-corrected chi connectivity index (χ1v) is 5.31. The Morgan fingerprint density at radius 2 is 1.94 bits per heavy atom. The maximum Gasteiger partial charge on any atom is 0.126 e. The standard InChI is InChI=1S/C13H10ClFO2/c1-17-13-3-2-10(15)7-12(13)8-4-9(14)6-11(16)5-8/h2-7,16H,1H3. The molecule has 0 aliphatic rings. The van der Waals surface area contributed by atoms with Crippen molar-refractivity contribution >= 4 is 11.6 Å². The van der Waals surface area contributed by atoms with Crippen molar-refractivity contribution in [3.63, 3.8) is 0 Å². The van der Waals surface area contributed by atoms with Crippen molar-refractivity contribution in [1.29, 1.82) is 0 Å². The molecule has 0 fully saturated rings. The van der Waals surface area contributed by atoms with Gasteiger partial charge in [0.05, 0.1) is 7.11 Å². The van der Waals surface area contributed by atoms with Gasteiger partial charge in [-0.3, -0.25) is 0 Å². The van der Waals surface area contributed by atoms with Crippen LogP contribution in [0.2, 0.25) is 5.02 Å². The van der Waals surface area contributed by atoms with Gasteiger partial charge in [-0.05, 0) is 42.0 Å². The molecule has 0 unspecified atom stereocenters. The predicted molar refractivity (Wildman–Crippen MR) is 65.1 cm³/mol. The Kier molecular flexibility index (Phi) is 3.20. The maximum atomic E-state index is 13.2. The van der Waals surface area contributed by atoms with Crippen molar-refractivity contribution < 1.29 is 14.2 Å². The van der Waals surface area contributed by atoms with E-state index in [2.05, 4.69) is 0 Å². The van der Waals surface area contributed by atoms with E-state index in [0.29, 0.717) is 21.9 Å². The van der Waals surface area contributed by atoms with Crippen molar-refractivity contribution in [1.82, 2.24) is 0 Å². The Morgan fingerprint density at radius 3 is 2.59 bits per heavy atom. The Morgan fingerprint density at radius 1 is 1.18 bits per heavy atom. The first-order valence-electron chi connectivity index (χ1n) is 4.93. The number of benzene rings is 2. The van der Waals surface area contributed by atoms with E-state index < -0.39 is 0 Å². The minimum Gasteiger partial charge on any atom is -0.508 e. The molecule has 0 atom stereocenters. The second-order valence-corrected chi connectivity index (χ2v) is 3.98. The van der Waals surface area contributed by atoms with Gasteiger partial charge in [0.15, 0.2) is 0 Å². The van der Waals surface area contributed by atoms with E-state index >= 15 is 0 Å². The number of methoxy groups -OCH3 is 1. The molecular formula is C13H10ClFO2. The Balaban J connectivity index is 2.62. The normalized spacial score (nSPS) is 10.3. The lowest BCUT2D eigenvalue weighted by molar-refractivity contribution is 0.415. The fraction of sp³-hybridized carbons (Fsp3) is 0.0769. The van der Waals surface area contributed by atoms with Crippen LogP contribution < -0.4 is 4.74 Å². The number of ether oxygens (including phenoxy) is 1. The number of hydrogen-bond donors (Lipinski definition) is 1. The quantitative estimate of drug-likeness (QED) is 0.879. The first kappa shape index (κ1) is 11.7. The molecule has 0 radical (unpaired) electrons. The third kappa shape index (κ3) is 2.50. The fourth-order valence-electron chi connectivity index (χ4n) is 1.64. The van der Waals surface area contributed by atoms with Crippen LogP contribution >= 0.6 is 11.6 Å². The SMILES string of the molecule is COc1ccc(F)cc1-c1cc(O)cc(Cl)c1. The second kappa shape index (κ2) is 4.63. The van der Waals surface area contributed by atoms with Gasteiger partial charge in [-0.15, -0.1) is 0 Å². The zero-order chi connectivity index (χ0) is 12.4. The van der Waals surface area contributed by atoms with Gasteiger partial charge >= 0.3 is 0 Å². The molecule has 0 saturated heterocycles. The summed E-state index contributed by atoms with van der Waals surface area (Å²) in [7, 11) is 1.50. The smallest absolute Gasteiger partial charge is 0.126 e. The lowest BCUT2D eigenvalue weighted by atomic mass is 10.0. The van der Waals surface area contributed by atoms with Crippen molar-refractivity contribution in [2.24, 2.45) is 0 Å². The van der Waals surface area contributed by atoms with Gasteiger partial charge in [-0.1, -0.05) is 11.6 Å². The minimum atomic E-state index is -0.375. The highest BCUT2D eigenvalue weighted by atomic mass is 35.5. The Bertz CT molecular complexity index is 535. The average Bonchev–Trinajstić information content (AvgIpc) is 2.27. The van der Waals surface area contributed by atoms with Crippen LogP contribution in [0.4, 0.5) is 4.39 Å². The van der Waals surface area contributed by atoms with Gasteiger partial charge in [0, 0.05) is 10.6 Å². The zero-order valence-electron chi connectivity index (χ0n) is 9.08. The highest BCUT2D eigenvalue weighted by Crippen LogP contribution is 2.34. The summed E-state index contributed by atoms with van der Waals surface area (Å²) in [6.45, 7) is 0. The summed E-state index contributed by atoms with van der Waals surface area (Å²) in [6.07, 6.45) is 0. The van der Waals surface area contributed by atoms with Crippen LogP contribution in [-0.4, -0.2) is 12.2 Å². The zero-order valence-corrected chi connectivity index (χ0v) is 9.83. The van der Waals surface area contributed by atoms with Crippen LogP contribution in [0, 0.1) is 5.82 Å². The van der Waals surface area contributed by atoms with Crippen LogP contribution in [0.5, 0.6) is 11.5 Å². The molecule has 0 spiro atoms. The molecule has 2 nitrogen and oxygen atoms in total. The molecule has 0 aromatic heterocycles. The number of halogens is 2. The molecule has 0 aliphatic carbocycles. The molecule has 0 saturated carbocycles. The summed E-state index contributed by atoms with van der Waals surface area (Å²) in [5.74, 6) is 0.173. The van der Waals surface area contributed by atoms with Crippen LogP contribution in [0.25, 0.3) is 11.1 Å². The van der Waals surface area contributed by atoms with Gasteiger partial charge in [0.2, 0.25) is 0 Å². The molecule has 17 heavy (non-hydrogen) atoms. The summed E-state index contributed by atoms with van der Waals surface area (Å²) >= 11 is 5.84. The van der Waals surface area contributed by atoms with Crippen molar-refractivity contribution in [2.45, 2.75) is 0 Å². The van der Waals surface area contributed by atoms with Crippen LogP contribution in [0.3, 0.4) is 0 Å². The molecule has 0 aliphatic heterocycles. The van der Waals surface area contributed by atoms with E-state index in [9.17, 15) is 9.50 Å². The average molecular weight is 253 g/mol. The van der Waals surface area contributed by atoms with Gasteiger partial charge < -0.3 is 9.84 Å². The molecular weight excluding hydrogens is 243 g/mol. The monoisotopic (exact) mass is 252 g/mol. The van der Waals surface area contributed by atoms with Crippen molar-refractivity contribution in [2.75, 3.05) is 7.11 Å². The Labute approximate surface area is 103 Å². The molecule has 2 aromatic rings. The molecule has 0 bridgehead atoms. The van der Waals surface area contributed by atoms with Gasteiger partial charge in [0.1, 0.15) is 17.3 Å². The summed E-state index contributed by atoms with van der Waals surface area (Å²) in [5.41, 5.74) is 1.15. The van der Waals surface area contributed by atoms with E-state index in [0.717, 1.165) is 0 Å². The summed E-state index contributed by atoms with van der Waals surface area (Å²) in [4.78, 5) is 0. The number of hydrogen-bond acceptors (Lipinski definition) is 2. The third-order valence-electron chi connectivity index (χ3n) is 2.36. The maximum absolute atomic E-state index is 13.2. The molecule has 2 aromatic carbocycles. The molecule has 88 valence electrons. The van der Waals surface area contributed by atoms with Gasteiger partial charge in [0.25, 0.3) is 0 Å². The lowest BCUT2D eigenvalue weighted by Gasteiger charge is -2.09. The van der Waals surface area contributed by atoms with Crippen LogP contribution in [0.15, 0.2) is 36.4 Å². The number of phenolic OH excluding ortho intramolecular Hbond substituents is 1. The van der Waals surface area contributed by atoms with Crippen molar-refractivity contribution in [3.8, 4) is 22.6 Å². The van der Waals surface area contributed by atoms with Crippen LogP contribution in [-0.2, 0) is 0 Å². The fourth-order valence-corrected chi connectivity index (χ4v) is 1.86. The number of phenols is 1. The largest absolute Gasteiger partial charge is 0.508 e. The predicted octanol–water partition coefficient (Wildman–Crippen LogP) is 3.86. The summed E-state index contributed by atoms with van der Waals surface area (Å²) in [5, 5.41) is 9.85. The van der Waals surface area contributed by atoms with E-state index in [1.54, 1.807) is 6.07 Å². The van der Waals surface area contributed by atoms with E-state index in [1.807, 2.05) is 0 Å². The van der Waals surface area contributed by atoms with Gasteiger partial charge in [-0.25, -0.2) is 4.39 Å². The minimum absolute atomic E-state index is 0.0267. The summed E-state index contributed by atoms with van der Waals surface area (Å²) in [6, 6.07) is 8.73. The summed E-state index contributed by atoms with van der Waals surface area (Å²) < 4.78 is 18.4. The van der Waals surface area contributed by atoms with E-state index in [1.165, 1.54) is 37.4 Å². The van der Waals surface area contributed by atoms with Gasteiger partial charge in [-0.2, -0.15) is 0 Å². The molecule has 0 heterocycles. The number of aromatic hydroxyl groups is 1. The topological polar surface area (TPSA) is 29.5 Å². The van der Waals surface area contributed by atoms with E-state index in [-0.39, 0.29) is 11.6 Å². The van der Waals surface area contributed by atoms with Crippen molar-refractivity contribution in [3.05, 3.63) is 47.2 Å². The lowest BCUT2D eigenvalue weighted by Crippen LogP contribution is -1.89. The molecule has 4 heteroatoms. The highest BCUT2D eigenvalue weighted by molar-refractivity contribution is 6.31. The molecule has 2 rings (SSSR count). The first-order chi connectivity index (χ1) is 8.10. The van der Waals surface area contributed by atoms with Crippen LogP contribution in [0.1, 0.15) is 0 Å². The number of rotatable bonds is 2. The third-order valence-corrected chi connectivity index (χ3v) is 2.57. The molecule has 0 amide bonds. The van der Waals surface area contributed by atoms with E-state index in [4.69, 9.17) is 16.3 Å². The second-order valence-electron chi connectivity index (χ2n) is 3.54. The highest BCUT2D eigenvalue weighted by Gasteiger charge is 2.09. The molecule has 1 N–H and O–H groups in total.